The normalized spacial score (nSPS) is 16.8. The van der Waals surface area contributed by atoms with E-state index < -0.39 is 6.10 Å². The van der Waals surface area contributed by atoms with Gasteiger partial charge in [0.1, 0.15) is 11.9 Å². The minimum absolute atomic E-state index is 0.0764. The largest absolute Gasteiger partial charge is 0.467 e. The van der Waals surface area contributed by atoms with Gasteiger partial charge in [-0.25, -0.2) is 0 Å². The Kier molecular flexibility index (Phi) is 4.17. The molecular weight excluding hydrogens is 220 g/mol. The summed E-state index contributed by atoms with van der Waals surface area (Å²) in [6, 6.07) is 3.88. The van der Waals surface area contributed by atoms with Gasteiger partial charge in [0, 0.05) is 25.6 Å². The van der Waals surface area contributed by atoms with Crippen LogP contribution in [0.4, 0.5) is 0 Å². The lowest BCUT2D eigenvalue weighted by atomic mass is 10.2. The number of carbonyl (C=O) groups excluding carboxylic acids is 1. The number of nitrogens with one attached hydrogen (secondary N) is 2. The summed E-state index contributed by atoms with van der Waals surface area (Å²) in [5.41, 5.74) is 0. The van der Waals surface area contributed by atoms with Crippen LogP contribution >= 0.6 is 0 Å². The van der Waals surface area contributed by atoms with Crippen molar-refractivity contribution in [3.8, 4) is 0 Å². The standard InChI is InChI=1S/C12H18N2O3/c15-10(11-2-1-7-17-11)8-13-6-5-12(16)14-9-3-4-9/h1-2,7,9-10,13,15H,3-6,8H2,(H,14,16). The summed E-state index contributed by atoms with van der Waals surface area (Å²) in [6.45, 7) is 0.959. The third-order valence-electron chi connectivity index (χ3n) is 2.68. The van der Waals surface area contributed by atoms with Crippen LogP contribution in [0.2, 0.25) is 0 Å². The lowest BCUT2D eigenvalue weighted by molar-refractivity contribution is -0.121. The molecule has 0 radical (unpaired) electrons. The van der Waals surface area contributed by atoms with Crippen molar-refractivity contribution in [2.24, 2.45) is 0 Å². The van der Waals surface area contributed by atoms with E-state index >= 15 is 0 Å². The number of hydrogen-bond acceptors (Lipinski definition) is 4. The summed E-state index contributed by atoms with van der Waals surface area (Å²) in [7, 11) is 0. The van der Waals surface area contributed by atoms with Crippen LogP contribution in [0.3, 0.4) is 0 Å². The van der Waals surface area contributed by atoms with E-state index in [1.165, 1.54) is 6.26 Å². The minimum Gasteiger partial charge on any atom is -0.467 e. The Hall–Kier alpha value is -1.33. The molecule has 17 heavy (non-hydrogen) atoms. The number of hydrogen-bond donors (Lipinski definition) is 3. The molecule has 1 fully saturated rings. The van der Waals surface area contributed by atoms with Gasteiger partial charge in [-0.2, -0.15) is 0 Å². The molecule has 5 nitrogen and oxygen atoms in total. The second-order valence-electron chi connectivity index (χ2n) is 4.33. The summed E-state index contributed by atoms with van der Waals surface area (Å²) in [5, 5.41) is 15.6. The molecule has 5 heteroatoms. The molecule has 0 spiro atoms. The van der Waals surface area contributed by atoms with Crippen LogP contribution in [0.15, 0.2) is 22.8 Å². The Labute approximate surface area is 100 Å². The summed E-state index contributed by atoms with van der Waals surface area (Å²) in [4.78, 5) is 11.3. The summed E-state index contributed by atoms with van der Waals surface area (Å²) in [6.07, 6.45) is 3.53. The third kappa shape index (κ3) is 4.20. The second kappa shape index (κ2) is 5.84. The van der Waals surface area contributed by atoms with Crippen LogP contribution < -0.4 is 10.6 Å². The highest BCUT2D eigenvalue weighted by Crippen LogP contribution is 2.18. The van der Waals surface area contributed by atoms with E-state index in [0.29, 0.717) is 31.3 Å². The zero-order valence-corrected chi connectivity index (χ0v) is 9.69. The molecule has 1 heterocycles. The van der Waals surface area contributed by atoms with E-state index in [9.17, 15) is 9.90 Å². The van der Waals surface area contributed by atoms with Crippen LogP contribution in [0, 0.1) is 0 Å². The molecule has 1 aliphatic carbocycles. The average Bonchev–Trinajstić information content (AvgIpc) is 2.96. The molecule has 0 aliphatic heterocycles. The van der Waals surface area contributed by atoms with Gasteiger partial charge in [-0.3, -0.25) is 4.79 Å². The van der Waals surface area contributed by atoms with Gasteiger partial charge in [0.2, 0.25) is 5.91 Å². The Balaban J connectivity index is 1.54. The minimum atomic E-state index is -0.656. The monoisotopic (exact) mass is 238 g/mol. The summed E-state index contributed by atoms with van der Waals surface area (Å²) in [5.74, 6) is 0.618. The van der Waals surface area contributed by atoms with Crippen molar-refractivity contribution >= 4 is 5.91 Å². The molecule has 2 rings (SSSR count). The quantitative estimate of drug-likeness (QED) is 0.607. The van der Waals surface area contributed by atoms with Crippen molar-refractivity contribution in [3.63, 3.8) is 0 Å². The van der Waals surface area contributed by atoms with Gasteiger partial charge >= 0.3 is 0 Å². The van der Waals surface area contributed by atoms with Crippen LogP contribution in [-0.4, -0.2) is 30.1 Å². The molecule has 0 saturated heterocycles. The number of aliphatic hydroxyl groups excluding tert-OH is 1. The molecule has 3 N–H and O–H groups in total. The lowest BCUT2D eigenvalue weighted by Gasteiger charge is -2.09. The molecule has 1 atom stereocenters. The molecule has 0 aromatic carbocycles. The SMILES string of the molecule is O=C(CCNCC(O)c1ccco1)NC1CC1. The van der Waals surface area contributed by atoms with Gasteiger partial charge < -0.3 is 20.2 Å². The molecule has 94 valence electrons. The second-order valence-corrected chi connectivity index (χ2v) is 4.33. The van der Waals surface area contributed by atoms with Crippen molar-refractivity contribution < 1.29 is 14.3 Å². The van der Waals surface area contributed by atoms with Crippen LogP contribution in [0.1, 0.15) is 31.1 Å². The fourth-order valence-corrected chi connectivity index (χ4v) is 1.55. The van der Waals surface area contributed by atoms with E-state index in [2.05, 4.69) is 10.6 Å². The van der Waals surface area contributed by atoms with Crippen molar-refractivity contribution in [2.75, 3.05) is 13.1 Å². The Morgan fingerprint density at radius 1 is 1.59 bits per heavy atom. The fourth-order valence-electron chi connectivity index (χ4n) is 1.55. The molecule has 1 aromatic heterocycles. The Bertz CT molecular complexity index is 347. The first kappa shape index (κ1) is 12.1. The molecule has 1 aliphatic rings. The Morgan fingerprint density at radius 3 is 3.06 bits per heavy atom. The van der Waals surface area contributed by atoms with Crippen LogP contribution in [0.25, 0.3) is 0 Å². The first-order valence-corrected chi connectivity index (χ1v) is 5.97. The highest BCUT2D eigenvalue weighted by atomic mass is 16.4. The molecule has 1 saturated carbocycles. The maximum absolute atomic E-state index is 11.3. The highest BCUT2D eigenvalue weighted by molar-refractivity contribution is 5.76. The van der Waals surface area contributed by atoms with Crippen molar-refractivity contribution in [1.82, 2.24) is 10.6 Å². The van der Waals surface area contributed by atoms with E-state index in [-0.39, 0.29) is 5.91 Å². The summed E-state index contributed by atoms with van der Waals surface area (Å²) < 4.78 is 5.07. The number of amides is 1. The van der Waals surface area contributed by atoms with E-state index in [4.69, 9.17) is 4.42 Å². The zero-order valence-electron chi connectivity index (χ0n) is 9.69. The van der Waals surface area contributed by atoms with Crippen LogP contribution in [0.5, 0.6) is 0 Å². The first-order valence-electron chi connectivity index (χ1n) is 5.97. The molecule has 0 bridgehead atoms. The van der Waals surface area contributed by atoms with Gasteiger partial charge in [0.15, 0.2) is 0 Å². The highest BCUT2D eigenvalue weighted by Gasteiger charge is 2.22. The Morgan fingerprint density at radius 2 is 2.41 bits per heavy atom. The fraction of sp³-hybridized carbons (Fsp3) is 0.583. The van der Waals surface area contributed by atoms with Gasteiger partial charge in [0.05, 0.1) is 6.26 Å². The maximum atomic E-state index is 11.3. The predicted molar refractivity (Wildman–Crippen MR) is 62.3 cm³/mol. The number of rotatable bonds is 7. The van der Waals surface area contributed by atoms with E-state index in [1.807, 2.05) is 0 Å². The number of carbonyl (C=O) groups is 1. The van der Waals surface area contributed by atoms with Crippen molar-refractivity contribution in [2.45, 2.75) is 31.4 Å². The topological polar surface area (TPSA) is 74.5 Å². The molecular formula is C12H18N2O3. The third-order valence-corrected chi connectivity index (χ3v) is 2.68. The molecule has 1 amide bonds. The van der Waals surface area contributed by atoms with Crippen molar-refractivity contribution in [1.29, 1.82) is 0 Å². The van der Waals surface area contributed by atoms with E-state index in [1.54, 1.807) is 12.1 Å². The smallest absolute Gasteiger partial charge is 0.221 e. The van der Waals surface area contributed by atoms with E-state index in [0.717, 1.165) is 12.8 Å². The van der Waals surface area contributed by atoms with Gasteiger partial charge in [-0.15, -0.1) is 0 Å². The maximum Gasteiger partial charge on any atom is 0.221 e. The number of furan rings is 1. The summed E-state index contributed by atoms with van der Waals surface area (Å²) >= 11 is 0. The van der Waals surface area contributed by atoms with Gasteiger partial charge in [-0.05, 0) is 25.0 Å². The van der Waals surface area contributed by atoms with Crippen LogP contribution in [-0.2, 0) is 4.79 Å². The predicted octanol–water partition coefficient (Wildman–Crippen LogP) is 0.571. The van der Waals surface area contributed by atoms with Crippen molar-refractivity contribution in [3.05, 3.63) is 24.2 Å². The number of aliphatic hydroxyl groups is 1. The average molecular weight is 238 g/mol. The molecule has 1 aromatic rings. The zero-order chi connectivity index (χ0) is 12.1. The first-order chi connectivity index (χ1) is 8.25. The lowest BCUT2D eigenvalue weighted by Crippen LogP contribution is -2.30. The van der Waals surface area contributed by atoms with Gasteiger partial charge in [0.25, 0.3) is 0 Å². The molecule has 1 unspecified atom stereocenters. The van der Waals surface area contributed by atoms with Gasteiger partial charge in [-0.1, -0.05) is 0 Å².